The van der Waals surface area contributed by atoms with E-state index in [9.17, 15) is 14.2 Å². The van der Waals surface area contributed by atoms with Gasteiger partial charge in [0, 0.05) is 5.56 Å². The number of esters is 1. The van der Waals surface area contributed by atoms with E-state index in [4.69, 9.17) is 5.11 Å². The molecule has 6 nitrogen and oxygen atoms in total. The number of amides is 1. The minimum atomic E-state index is -1.85. The van der Waals surface area contributed by atoms with Crippen LogP contribution < -0.4 is 5.32 Å². The van der Waals surface area contributed by atoms with Gasteiger partial charge in [0.2, 0.25) is 6.35 Å². The number of carbonyl (C=O) groups excluding carboxylic acids is 2. The van der Waals surface area contributed by atoms with Gasteiger partial charge in [-0.05, 0) is 18.2 Å². The lowest BCUT2D eigenvalue weighted by Gasteiger charge is -2.07. The van der Waals surface area contributed by atoms with Gasteiger partial charge in [-0.2, -0.15) is 0 Å². The van der Waals surface area contributed by atoms with Gasteiger partial charge >= 0.3 is 13.8 Å². The maximum absolute atomic E-state index is 11.9. The van der Waals surface area contributed by atoms with Gasteiger partial charge in [0.15, 0.2) is 6.16 Å². The zero-order valence-corrected chi connectivity index (χ0v) is 11.8. The van der Waals surface area contributed by atoms with Crippen LogP contribution in [-0.2, 0) is 14.1 Å². The molecule has 0 aliphatic rings. The number of aliphatic hydroxyl groups excluding tert-OH is 1. The van der Waals surface area contributed by atoms with Crippen molar-refractivity contribution < 1.29 is 24.0 Å². The Kier molecular flexibility index (Phi) is 6.56. The minimum Gasteiger partial charge on any atom is -0.464 e. The Labute approximate surface area is 117 Å². The minimum absolute atomic E-state index is 0.0225. The number of benzene rings is 1. The maximum atomic E-state index is 11.9. The number of hydrogen-bond donors (Lipinski definition) is 2. The average Bonchev–Trinajstić information content (AvgIpc) is 2.50. The van der Waals surface area contributed by atoms with Crippen LogP contribution in [0.5, 0.6) is 0 Å². The molecule has 0 aliphatic heterocycles. The highest BCUT2D eigenvalue weighted by molar-refractivity contribution is 7.44. The number of allylic oxidation sites excluding steroid dienone is 1. The zero-order valence-electron chi connectivity index (χ0n) is 10.9. The first kappa shape index (κ1) is 16.0. The molecule has 0 bridgehead atoms. The van der Waals surface area contributed by atoms with Crippen molar-refractivity contribution in [2.45, 2.75) is 0 Å². The van der Waals surface area contributed by atoms with Crippen LogP contribution >= 0.6 is 7.80 Å². The first-order chi connectivity index (χ1) is 9.58. The van der Waals surface area contributed by atoms with Crippen molar-refractivity contribution in [1.29, 1.82) is 0 Å². The van der Waals surface area contributed by atoms with Crippen molar-refractivity contribution in [2.75, 3.05) is 19.6 Å². The summed E-state index contributed by atoms with van der Waals surface area (Å²) >= 11 is 0. The highest BCUT2D eigenvalue weighted by atomic mass is 31.1. The molecule has 20 heavy (non-hydrogen) atoms. The smallest absolute Gasteiger partial charge is 0.370 e. The Bertz CT molecular complexity index is 527. The molecule has 1 aromatic carbocycles. The maximum Gasteiger partial charge on any atom is 0.370 e. The summed E-state index contributed by atoms with van der Waals surface area (Å²) in [7, 11) is -0.672. The van der Waals surface area contributed by atoms with E-state index in [2.05, 4.69) is 10.1 Å². The van der Waals surface area contributed by atoms with Gasteiger partial charge in [0.1, 0.15) is 5.70 Å². The van der Waals surface area contributed by atoms with E-state index >= 15 is 0 Å². The van der Waals surface area contributed by atoms with Gasteiger partial charge in [0.05, 0.1) is 7.11 Å². The van der Waals surface area contributed by atoms with Crippen LogP contribution in [0.2, 0.25) is 0 Å². The summed E-state index contributed by atoms with van der Waals surface area (Å²) in [5.74, 6) is -1.21. The van der Waals surface area contributed by atoms with Crippen molar-refractivity contribution >= 4 is 19.7 Å². The molecule has 0 fully saturated rings. The van der Waals surface area contributed by atoms with Crippen LogP contribution in [0.15, 0.2) is 42.1 Å². The van der Waals surface area contributed by atoms with E-state index in [1.165, 1.54) is 13.2 Å². The molecule has 1 aromatic rings. The summed E-state index contributed by atoms with van der Waals surface area (Å²) in [5, 5.41) is 11.1. The summed E-state index contributed by atoms with van der Waals surface area (Å²) in [6.07, 6.45) is 0.778. The molecule has 0 aliphatic carbocycles. The summed E-state index contributed by atoms with van der Waals surface area (Å²) in [6.45, 7) is 0. The number of aliphatic hydroxyl groups is 1. The summed E-state index contributed by atoms with van der Waals surface area (Å²) in [6, 6.07) is 8.34. The average molecular weight is 296 g/mol. The fraction of sp³-hybridized carbons (Fsp3) is 0.231. The van der Waals surface area contributed by atoms with E-state index in [1.807, 2.05) is 0 Å². The molecule has 1 rings (SSSR count). The fourth-order valence-electron chi connectivity index (χ4n) is 1.33. The van der Waals surface area contributed by atoms with Gasteiger partial charge in [0.25, 0.3) is 5.91 Å². The van der Waals surface area contributed by atoms with Crippen LogP contribution in [0.4, 0.5) is 0 Å². The van der Waals surface area contributed by atoms with Gasteiger partial charge < -0.3 is 15.2 Å². The van der Waals surface area contributed by atoms with E-state index in [0.29, 0.717) is 5.56 Å². The molecule has 0 saturated carbocycles. The Morgan fingerprint density at radius 2 is 2.00 bits per heavy atom. The van der Waals surface area contributed by atoms with Crippen LogP contribution in [0.3, 0.4) is 0 Å². The molecule has 0 saturated heterocycles. The largest absolute Gasteiger partial charge is 0.464 e. The second-order valence-corrected chi connectivity index (χ2v) is 5.35. The predicted molar refractivity (Wildman–Crippen MR) is 73.6 cm³/mol. The normalized spacial score (nSPS) is 11.7. The number of ether oxygens (including phenoxy) is 1. The highest BCUT2D eigenvalue weighted by Crippen LogP contribution is 2.18. The first-order valence-electron chi connectivity index (χ1n) is 5.76. The molecule has 1 unspecified atom stereocenters. The summed E-state index contributed by atoms with van der Waals surface area (Å²) in [4.78, 5) is 23.4. The Morgan fingerprint density at radius 3 is 2.55 bits per heavy atom. The van der Waals surface area contributed by atoms with E-state index < -0.39 is 26.0 Å². The second kappa shape index (κ2) is 8.19. The Hall–Kier alpha value is -2.04. The quantitative estimate of drug-likeness (QED) is 0.468. The van der Waals surface area contributed by atoms with Gasteiger partial charge in [-0.1, -0.05) is 22.8 Å². The summed E-state index contributed by atoms with van der Waals surface area (Å²) in [5.41, 5.74) is 0.284. The fourth-order valence-corrected chi connectivity index (χ4v) is 1.83. The lowest BCUT2D eigenvalue weighted by atomic mass is 10.2. The van der Waals surface area contributed by atoms with Gasteiger partial charge in [-0.3, -0.25) is 4.79 Å². The van der Waals surface area contributed by atoms with E-state index in [-0.39, 0.29) is 11.9 Å². The van der Waals surface area contributed by atoms with Crippen molar-refractivity contribution in [3.05, 3.63) is 47.7 Å². The molecular formula is C13H15NO5P+. The molecule has 2 N–H and O–H groups in total. The van der Waals surface area contributed by atoms with Crippen molar-refractivity contribution in [2.24, 2.45) is 0 Å². The third-order valence-electron chi connectivity index (χ3n) is 2.35. The van der Waals surface area contributed by atoms with Gasteiger partial charge in [-0.25, -0.2) is 4.79 Å². The van der Waals surface area contributed by atoms with Crippen LogP contribution in [-0.4, -0.2) is 36.6 Å². The van der Waals surface area contributed by atoms with Crippen molar-refractivity contribution in [3.63, 3.8) is 0 Å². The monoisotopic (exact) mass is 296 g/mol. The molecule has 0 radical (unpaired) electrons. The predicted octanol–water partition coefficient (Wildman–Crippen LogP) is 1.25. The van der Waals surface area contributed by atoms with Crippen molar-refractivity contribution in [3.8, 4) is 0 Å². The number of rotatable bonds is 6. The van der Waals surface area contributed by atoms with Crippen LogP contribution in [0.1, 0.15) is 10.4 Å². The third-order valence-corrected chi connectivity index (χ3v) is 3.25. The molecule has 106 valence electrons. The molecule has 7 heteroatoms. The van der Waals surface area contributed by atoms with Gasteiger partial charge in [-0.15, -0.1) is 0 Å². The number of carbonyl (C=O) groups is 2. The molecular weight excluding hydrogens is 281 g/mol. The third kappa shape index (κ3) is 4.91. The van der Waals surface area contributed by atoms with E-state index in [0.717, 1.165) is 0 Å². The van der Waals surface area contributed by atoms with Crippen LogP contribution in [0.25, 0.3) is 0 Å². The number of nitrogens with one attached hydrogen (secondary N) is 1. The molecule has 0 aromatic heterocycles. The zero-order chi connectivity index (χ0) is 15.0. The summed E-state index contributed by atoms with van der Waals surface area (Å²) < 4.78 is 15.7. The SMILES string of the molecule is COC(=O)/C(=C\C[P+](=O)CO)NC(=O)c1ccccc1. The lowest BCUT2D eigenvalue weighted by molar-refractivity contribution is -0.136. The second-order valence-electron chi connectivity index (χ2n) is 3.74. The first-order valence-corrected chi connectivity index (χ1v) is 7.39. The molecule has 0 spiro atoms. The Balaban J connectivity index is 2.82. The topological polar surface area (TPSA) is 92.7 Å². The molecule has 1 atom stereocenters. The number of methoxy groups -OCH3 is 1. The molecule has 1 amide bonds. The number of hydrogen-bond acceptors (Lipinski definition) is 5. The highest BCUT2D eigenvalue weighted by Gasteiger charge is 2.17. The lowest BCUT2D eigenvalue weighted by Crippen LogP contribution is -2.28. The van der Waals surface area contributed by atoms with E-state index in [1.54, 1.807) is 30.3 Å². The molecule has 0 heterocycles. The van der Waals surface area contributed by atoms with Crippen molar-refractivity contribution in [1.82, 2.24) is 5.32 Å². The standard InChI is InChI=1S/C13H14NO5P/c1-19-13(17)11(7-8-20(18)9-15)14-12(16)10-5-3-2-4-6-10/h2-7,15H,8-9H2,1H3/p+1/b11-7+. The van der Waals surface area contributed by atoms with Crippen LogP contribution in [0, 0.1) is 0 Å². The Morgan fingerprint density at radius 1 is 1.35 bits per heavy atom.